The molecule has 27 heavy (non-hydrogen) atoms. The number of carbonyl (C=O) groups is 2. The van der Waals surface area contributed by atoms with Crippen LogP contribution in [0.1, 0.15) is 17.3 Å². The summed E-state index contributed by atoms with van der Waals surface area (Å²) in [5.74, 6) is -1.75. The van der Waals surface area contributed by atoms with Crippen molar-refractivity contribution in [2.24, 2.45) is 0 Å². The lowest BCUT2D eigenvalue weighted by molar-refractivity contribution is -0.114. The smallest absolute Gasteiger partial charge is 0.255 e. The van der Waals surface area contributed by atoms with Crippen molar-refractivity contribution >= 4 is 44.8 Å². The predicted molar refractivity (Wildman–Crippen MR) is 101 cm³/mol. The van der Waals surface area contributed by atoms with Gasteiger partial charge in [0, 0.05) is 32.3 Å². The Labute approximate surface area is 161 Å². The number of carbonyl (C=O) groups excluding carboxylic acids is 2. The number of sulfonamides is 1. The summed E-state index contributed by atoms with van der Waals surface area (Å²) in [6, 6.07) is 7.48. The number of anilines is 2. The highest BCUT2D eigenvalue weighted by Crippen LogP contribution is 2.26. The molecule has 7 nitrogen and oxygen atoms in total. The van der Waals surface area contributed by atoms with Crippen molar-refractivity contribution in [1.29, 1.82) is 0 Å². The van der Waals surface area contributed by atoms with Gasteiger partial charge in [0.1, 0.15) is 10.7 Å². The molecule has 10 heteroatoms. The molecule has 0 unspecified atom stereocenters. The topological polar surface area (TPSA) is 95.6 Å². The van der Waals surface area contributed by atoms with Crippen LogP contribution in [0.2, 0.25) is 5.02 Å². The van der Waals surface area contributed by atoms with Gasteiger partial charge in [-0.05, 0) is 36.4 Å². The van der Waals surface area contributed by atoms with Gasteiger partial charge in [-0.15, -0.1) is 0 Å². The Balaban J connectivity index is 2.33. The molecule has 2 amide bonds. The first kappa shape index (κ1) is 20.8. The molecule has 0 bridgehead atoms. The number of amides is 2. The summed E-state index contributed by atoms with van der Waals surface area (Å²) in [5, 5.41) is 4.81. The molecule has 0 atom stereocenters. The van der Waals surface area contributed by atoms with Crippen LogP contribution in [-0.4, -0.2) is 38.6 Å². The van der Waals surface area contributed by atoms with E-state index in [1.165, 1.54) is 45.3 Å². The first-order valence-corrected chi connectivity index (χ1v) is 9.44. The third-order valence-corrected chi connectivity index (χ3v) is 5.78. The maximum absolute atomic E-state index is 13.7. The van der Waals surface area contributed by atoms with Crippen LogP contribution in [0.4, 0.5) is 15.8 Å². The summed E-state index contributed by atoms with van der Waals surface area (Å²) in [5.41, 5.74) is 0.176. The third-order valence-electron chi connectivity index (χ3n) is 3.49. The largest absolute Gasteiger partial charge is 0.324 e. The minimum absolute atomic E-state index is 0.0185. The molecular weight excluding hydrogens is 397 g/mol. The van der Waals surface area contributed by atoms with E-state index in [-0.39, 0.29) is 26.9 Å². The average Bonchev–Trinajstić information content (AvgIpc) is 2.57. The quantitative estimate of drug-likeness (QED) is 0.787. The zero-order valence-electron chi connectivity index (χ0n) is 14.7. The summed E-state index contributed by atoms with van der Waals surface area (Å²) < 4.78 is 39.3. The molecule has 2 rings (SSSR count). The van der Waals surface area contributed by atoms with Crippen LogP contribution < -0.4 is 10.6 Å². The van der Waals surface area contributed by atoms with Crippen molar-refractivity contribution in [3.8, 4) is 0 Å². The first-order valence-electron chi connectivity index (χ1n) is 7.63. The van der Waals surface area contributed by atoms with Crippen LogP contribution in [0.5, 0.6) is 0 Å². The molecule has 0 radical (unpaired) electrons. The Morgan fingerprint density at radius 3 is 2.33 bits per heavy atom. The normalized spacial score (nSPS) is 11.3. The Morgan fingerprint density at radius 1 is 1.07 bits per heavy atom. The van der Waals surface area contributed by atoms with Gasteiger partial charge in [0.25, 0.3) is 5.91 Å². The Hall–Kier alpha value is -2.49. The molecule has 0 heterocycles. The molecule has 2 N–H and O–H groups in total. The lowest BCUT2D eigenvalue weighted by atomic mass is 10.2. The molecule has 0 aliphatic carbocycles. The highest BCUT2D eigenvalue weighted by molar-refractivity contribution is 7.89. The lowest BCUT2D eigenvalue weighted by Gasteiger charge is -2.14. The minimum Gasteiger partial charge on any atom is -0.324 e. The Kier molecular flexibility index (Phi) is 6.19. The molecule has 0 aromatic heterocycles. The van der Waals surface area contributed by atoms with E-state index in [4.69, 9.17) is 11.6 Å². The van der Waals surface area contributed by atoms with Gasteiger partial charge in [-0.1, -0.05) is 11.6 Å². The summed E-state index contributed by atoms with van der Waals surface area (Å²) in [6.07, 6.45) is 0. The van der Waals surface area contributed by atoms with Crippen molar-refractivity contribution < 1.29 is 22.4 Å². The van der Waals surface area contributed by atoms with Gasteiger partial charge < -0.3 is 10.6 Å². The maximum Gasteiger partial charge on any atom is 0.255 e. The number of hydrogen-bond acceptors (Lipinski definition) is 4. The lowest BCUT2D eigenvalue weighted by Crippen LogP contribution is -2.23. The number of hydrogen-bond donors (Lipinski definition) is 2. The van der Waals surface area contributed by atoms with E-state index in [2.05, 4.69) is 10.6 Å². The van der Waals surface area contributed by atoms with E-state index in [0.717, 1.165) is 16.4 Å². The van der Waals surface area contributed by atoms with Gasteiger partial charge in [0.15, 0.2) is 0 Å². The zero-order valence-corrected chi connectivity index (χ0v) is 16.3. The highest BCUT2D eigenvalue weighted by atomic mass is 35.5. The summed E-state index contributed by atoms with van der Waals surface area (Å²) in [6.45, 7) is 1.23. The van der Waals surface area contributed by atoms with Crippen LogP contribution in [0.3, 0.4) is 0 Å². The number of nitrogens with one attached hydrogen (secondary N) is 2. The molecule has 0 fully saturated rings. The zero-order chi connectivity index (χ0) is 20.4. The fourth-order valence-electron chi connectivity index (χ4n) is 2.13. The fourth-order valence-corrected chi connectivity index (χ4v) is 3.52. The number of rotatable bonds is 5. The SMILES string of the molecule is CC(=O)Nc1cc(NC(=O)c2ccc(Cl)c(S(=O)(=O)N(C)C)c2)ccc1F. The van der Waals surface area contributed by atoms with Gasteiger partial charge in [-0.2, -0.15) is 0 Å². The van der Waals surface area contributed by atoms with Crippen LogP contribution in [0.15, 0.2) is 41.3 Å². The molecule has 0 aliphatic heterocycles. The summed E-state index contributed by atoms with van der Waals surface area (Å²) in [7, 11) is -1.14. The van der Waals surface area contributed by atoms with E-state index in [9.17, 15) is 22.4 Å². The molecule has 144 valence electrons. The van der Waals surface area contributed by atoms with E-state index in [1.54, 1.807) is 0 Å². The highest BCUT2D eigenvalue weighted by Gasteiger charge is 2.22. The average molecular weight is 414 g/mol. The van der Waals surface area contributed by atoms with Gasteiger partial charge in [0.2, 0.25) is 15.9 Å². The monoisotopic (exact) mass is 413 g/mol. The van der Waals surface area contributed by atoms with Crippen molar-refractivity contribution in [2.75, 3.05) is 24.7 Å². The second kappa shape index (κ2) is 8.03. The van der Waals surface area contributed by atoms with Crippen molar-refractivity contribution in [3.05, 3.63) is 52.8 Å². The van der Waals surface area contributed by atoms with Crippen molar-refractivity contribution in [3.63, 3.8) is 0 Å². The molecule has 0 spiro atoms. The van der Waals surface area contributed by atoms with E-state index in [1.807, 2.05) is 0 Å². The van der Waals surface area contributed by atoms with Crippen LogP contribution in [0.25, 0.3) is 0 Å². The maximum atomic E-state index is 13.7. The summed E-state index contributed by atoms with van der Waals surface area (Å²) >= 11 is 5.96. The standard InChI is InChI=1S/C17H17ClFN3O4S/c1-10(23)20-15-9-12(5-7-14(15)19)21-17(24)11-4-6-13(18)16(8-11)27(25,26)22(2)3/h4-9H,1-3H3,(H,20,23)(H,21,24). The number of halogens is 2. The van der Waals surface area contributed by atoms with Crippen molar-refractivity contribution in [2.45, 2.75) is 11.8 Å². The van der Waals surface area contributed by atoms with E-state index >= 15 is 0 Å². The van der Waals surface area contributed by atoms with Crippen LogP contribution in [-0.2, 0) is 14.8 Å². The van der Waals surface area contributed by atoms with Crippen LogP contribution in [0, 0.1) is 5.82 Å². The summed E-state index contributed by atoms with van der Waals surface area (Å²) in [4.78, 5) is 23.3. The molecule has 2 aromatic carbocycles. The van der Waals surface area contributed by atoms with E-state index in [0.29, 0.717) is 0 Å². The third kappa shape index (κ3) is 4.82. The number of benzene rings is 2. The first-order chi connectivity index (χ1) is 12.5. The molecule has 0 aliphatic rings. The number of nitrogens with zero attached hydrogens (tertiary/aromatic N) is 1. The van der Waals surface area contributed by atoms with Gasteiger partial charge in [-0.25, -0.2) is 17.1 Å². The van der Waals surface area contributed by atoms with Gasteiger partial charge in [-0.3, -0.25) is 9.59 Å². The van der Waals surface area contributed by atoms with E-state index < -0.39 is 27.7 Å². The Bertz CT molecular complexity index is 1010. The molecule has 0 saturated heterocycles. The van der Waals surface area contributed by atoms with Crippen LogP contribution >= 0.6 is 11.6 Å². The molecule has 2 aromatic rings. The fraction of sp³-hybridized carbons (Fsp3) is 0.176. The second-order valence-corrected chi connectivity index (χ2v) is 8.29. The van der Waals surface area contributed by atoms with Gasteiger partial charge in [0.05, 0.1) is 10.7 Å². The van der Waals surface area contributed by atoms with Crippen molar-refractivity contribution in [1.82, 2.24) is 4.31 Å². The Morgan fingerprint density at radius 2 is 1.74 bits per heavy atom. The predicted octanol–water partition coefficient (Wildman–Crippen LogP) is 2.94. The molecular formula is C17H17ClFN3O4S. The minimum atomic E-state index is -3.84. The second-order valence-electron chi connectivity index (χ2n) is 5.76. The molecule has 0 saturated carbocycles. The van der Waals surface area contributed by atoms with Gasteiger partial charge >= 0.3 is 0 Å².